The van der Waals surface area contributed by atoms with Gasteiger partial charge < -0.3 is 19.5 Å². The lowest BCUT2D eigenvalue weighted by atomic mass is 10.1. The standard InChI is InChI=1S/C14H19N3O4/c1-19-7-6-15-14-16-12(13(18)17-14)10-5-4-9(20-2)8-11(10)21-3/h4-5,8,12H,6-7H2,1-3H3,(H2,15,16,17,18). The van der Waals surface area contributed by atoms with Crippen molar-refractivity contribution in [3.05, 3.63) is 23.8 Å². The van der Waals surface area contributed by atoms with Gasteiger partial charge in [0, 0.05) is 18.7 Å². The van der Waals surface area contributed by atoms with Gasteiger partial charge in [-0.2, -0.15) is 0 Å². The number of aliphatic imine (C=N–C) groups is 1. The van der Waals surface area contributed by atoms with Gasteiger partial charge in [-0.05, 0) is 12.1 Å². The van der Waals surface area contributed by atoms with Crippen LogP contribution in [-0.4, -0.2) is 46.3 Å². The molecular formula is C14H19N3O4. The van der Waals surface area contributed by atoms with E-state index in [-0.39, 0.29) is 5.91 Å². The Kier molecular flexibility index (Phi) is 4.99. The van der Waals surface area contributed by atoms with Crippen LogP contribution in [0.3, 0.4) is 0 Å². The van der Waals surface area contributed by atoms with E-state index in [1.165, 1.54) is 0 Å². The summed E-state index contributed by atoms with van der Waals surface area (Å²) in [6, 6.07) is 4.79. The van der Waals surface area contributed by atoms with E-state index in [0.717, 1.165) is 5.56 Å². The number of hydrogen-bond acceptors (Lipinski definition) is 5. The molecule has 7 heteroatoms. The van der Waals surface area contributed by atoms with E-state index in [2.05, 4.69) is 15.6 Å². The Morgan fingerprint density at radius 3 is 2.71 bits per heavy atom. The number of benzene rings is 1. The Bertz CT molecular complexity index is 545. The molecule has 0 aromatic heterocycles. The van der Waals surface area contributed by atoms with Crippen LogP contribution in [0, 0.1) is 0 Å². The zero-order chi connectivity index (χ0) is 15.2. The average molecular weight is 293 g/mol. The molecule has 1 saturated heterocycles. The first-order valence-corrected chi connectivity index (χ1v) is 6.52. The first kappa shape index (κ1) is 15.1. The number of methoxy groups -OCH3 is 3. The number of ether oxygens (including phenoxy) is 3. The number of rotatable bonds is 6. The molecule has 1 fully saturated rings. The summed E-state index contributed by atoms with van der Waals surface area (Å²) in [7, 11) is 4.74. The minimum absolute atomic E-state index is 0.172. The highest BCUT2D eigenvalue weighted by Gasteiger charge is 2.31. The summed E-state index contributed by atoms with van der Waals surface area (Å²) in [5.41, 5.74) is 0.729. The van der Waals surface area contributed by atoms with Gasteiger partial charge in [-0.3, -0.25) is 15.1 Å². The molecular weight excluding hydrogens is 274 g/mol. The monoisotopic (exact) mass is 293 g/mol. The van der Waals surface area contributed by atoms with Crippen LogP contribution >= 0.6 is 0 Å². The summed E-state index contributed by atoms with van der Waals surface area (Å²) >= 11 is 0. The summed E-state index contributed by atoms with van der Waals surface area (Å²) < 4.78 is 15.4. The quantitative estimate of drug-likeness (QED) is 0.745. The fourth-order valence-corrected chi connectivity index (χ4v) is 2.04. The maximum absolute atomic E-state index is 12.1. The third kappa shape index (κ3) is 3.43. The topological polar surface area (TPSA) is 81.2 Å². The maximum atomic E-state index is 12.1. The van der Waals surface area contributed by atoms with Gasteiger partial charge in [-0.1, -0.05) is 0 Å². The van der Waals surface area contributed by atoms with Crippen molar-refractivity contribution in [2.24, 2.45) is 4.99 Å². The van der Waals surface area contributed by atoms with Crippen LogP contribution in [0.1, 0.15) is 11.6 Å². The lowest BCUT2D eigenvalue weighted by Crippen LogP contribution is -2.26. The summed E-state index contributed by atoms with van der Waals surface area (Å²) in [5, 5.41) is 5.74. The second kappa shape index (κ2) is 6.94. The van der Waals surface area contributed by atoms with Crippen molar-refractivity contribution >= 4 is 11.9 Å². The number of guanidine groups is 1. The Labute approximate surface area is 123 Å². The number of carbonyl (C=O) groups is 1. The molecule has 114 valence electrons. The molecule has 1 heterocycles. The van der Waals surface area contributed by atoms with Gasteiger partial charge in [0.25, 0.3) is 5.91 Å². The zero-order valence-corrected chi connectivity index (χ0v) is 12.3. The van der Waals surface area contributed by atoms with Gasteiger partial charge in [-0.25, -0.2) is 0 Å². The Hall–Kier alpha value is -2.28. The molecule has 1 aliphatic rings. The Balaban J connectivity index is 2.18. The van der Waals surface area contributed by atoms with Crippen LogP contribution in [0.15, 0.2) is 23.2 Å². The summed E-state index contributed by atoms with van der Waals surface area (Å²) in [5.74, 6) is 1.53. The van der Waals surface area contributed by atoms with Crippen LogP contribution in [0.25, 0.3) is 0 Å². The lowest BCUT2D eigenvalue weighted by molar-refractivity contribution is -0.120. The van der Waals surface area contributed by atoms with Crippen LogP contribution < -0.4 is 20.1 Å². The second-order valence-electron chi connectivity index (χ2n) is 4.40. The van der Waals surface area contributed by atoms with Crippen molar-refractivity contribution in [3.8, 4) is 11.5 Å². The van der Waals surface area contributed by atoms with E-state index in [0.29, 0.717) is 30.6 Å². The number of carbonyl (C=O) groups excluding carboxylic acids is 1. The first-order valence-electron chi connectivity index (χ1n) is 6.52. The van der Waals surface area contributed by atoms with Crippen molar-refractivity contribution in [1.82, 2.24) is 10.6 Å². The lowest BCUT2D eigenvalue weighted by Gasteiger charge is -2.14. The van der Waals surface area contributed by atoms with Gasteiger partial charge in [0.2, 0.25) is 0 Å². The third-order valence-electron chi connectivity index (χ3n) is 3.10. The van der Waals surface area contributed by atoms with Crippen LogP contribution in [0.5, 0.6) is 11.5 Å². The molecule has 1 aromatic rings. The fraction of sp³-hybridized carbons (Fsp3) is 0.429. The molecule has 1 unspecified atom stereocenters. The van der Waals surface area contributed by atoms with Gasteiger partial charge in [-0.15, -0.1) is 0 Å². The largest absolute Gasteiger partial charge is 0.497 e. The maximum Gasteiger partial charge on any atom is 0.254 e. The minimum atomic E-state index is -0.535. The smallest absolute Gasteiger partial charge is 0.254 e. The minimum Gasteiger partial charge on any atom is -0.497 e. The molecule has 1 aromatic carbocycles. The predicted molar refractivity (Wildman–Crippen MR) is 77.7 cm³/mol. The molecule has 7 nitrogen and oxygen atoms in total. The highest BCUT2D eigenvalue weighted by atomic mass is 16.5. The number of hydrogen-bond donors (Lipinski definition) is 2. The Morgan fingerprint density at radius 2 is 2.05 bits per heavy atom. The molecule has 21 heavy (non-hydrogen) atoms. The van der Waals surface area contributed by atoms with E-state index in [1.807, 2.05) is 0 Å². The van der Waals surface area contributed by atoms with Crippen LogP contribution in [0.4, 0.5) is 0 Å². The number of nitrogens with zero attached hydrogens (tertiary/aromatic N) is 1. The Morgan fingerprint density at radius 1 is 1.24 bits per heavy atom. The fourth-order valence-electron chi connectivity index (χ4n) is 2.04. The van der Waals surface area contributed by atoms with Crippen LogP contribution in [-0.2, 0) is 9.53 Å². The zero-order valence-electron chi connectivity index (χ0n) is 12.3. The third-order valence-corrected chi connectivity index (χ3v) is 3.10. The number of nitrogens with one attached hydrogen (secondary N) is 2. The molecule has 0 bridgehead atoms. The normalized spacial score (nSPS) is 19.3. The van der Waals surface area contributed by atoms with E-state index in [4.69, 9.17) is 14.2 Å². The van der Waals surface area contributed by atoms with Crippen molar-refractivity contribution < 1.29 is 19.0 Å². The predicted octanol–water partition coefficient (Wildman–Crippen LogP) is 0.467. The first-order chi connectivity index (χ1) is 10.2. The molecule has 1 amide bonds. The van der Waals surface area contributed by atoms with Gasteiger partial charge in [0.15, 0.2) is 5.96 Å². The summed E-state index contributed by atoms with van der Waals surface area (Å²) in [4.78, 5) is 16.3. The van der Waals surface area contributed by atoms with Crippen molar-refractivity contribution in [2.75, 3.05) is 34.5 Å². The van der Waals surface area contributed by atoms with E-state index in [1.54, 1.807) is 39.5 Å². The van der Waals surface area contributed by atoms with Crippen molar-refractivity contribution in [2.45, 2.75) is 6.04 Å². The molecule has 0 radical (unpaired) electrons. The summed E-state index contributed by atoms with van der Waals surface area (Å²) in [6.45, 7) is 0.975. The molecule has 1 atom stereocenters. The van der Waals surface area contributed by atoms with E-state index >= 15 is 0 Å². The van der Waals surface area contributed by atoms with Gasteiger partial charge >= 0.3 is 0 Å². The SMILES string of the molecule is COCCN=C1NC(=O)C(c2ccc(OC)cc2OC)N1. The molecule has 2 N–H and O–H groups in total. The van der Waals surface area contributed by atoms with E-state index < -0.39 is 6.04 Å². The highest BCUT2D eigenvalue weighted by molar-refractivity contribution is 6.07. The molecule has 1 aliphatic heterocycles. The summed E-state index contributed by atoms with van der Waals surface area (Å²) in [6.07, 6.45) is 0. The van der Waals surface area contributed by atoms with Crippen LogP contribution in [0.2, 0.25) is 0 Å². The second-order valence-corrected chi connectivity index (χ2v) is 4.40. The molecule has 0 saturated carbocycles. The highest BCUT2D eigenvalue weighted by Crippen LogP contribution is 2.30. The van der Waals surface area contributed by atoms with E-state index in [9.17, 15) is 4.79 Å². The molecule has 0 spiro atoms. The molecule has 2 rings (SSSR count). The average Bonchev–Trinajstić information content (AvgIpc) is 2.87. The van der Waals surface area contributed by atoms with Gasteiger partial charge in [0.05, 0.1) is 27.4 Å². The van der Waals surface area contributed by atoms with Gasteiger partial charge in [0.1, 0.15) is 17.5 Å². The molecule has 0 aliphatic carbocycles. The van der Waals surface area contributed by atoms with Crippen molar-refractivity contribution in [3.63, 3.8) is 0 Å². The van der Waals surface area contributed by atoms with Crippen molar-refractivity contribution in [1.29, 1.82) is 0 Å². The number of amides is 1.